The van der Waals surface area contributed by atoms with Gasteiger partial charge in [0, 0.05) is 11.3 Å². The van der Waals surface area contributed by atoms with Crippen LogP contribution in [0.3, 0.4) is 0 Å². The molecule has 1 heterocycles. The predicted molar refractivity (Wildman–Crippen MR) is 86.9 cm³/mol. The van der Waals surface area contributed by atoms with Crippen molar-refractivity contribution in [3.05, 3.63) is 47.2 Å². The number of aryl methyl sites for hydroxylation is 3. The van der Waals surface area contributed by atoms with E-state index in [1.54, 1.807) is 0 Å². The average molecular weight is 269 g/mol. The number of aromatic nitrogens is 1. The van der Waals surface area contributed by atoms with Crippen LogP contribution in [-0.2, 0) is 0 Å². The average Bonchev–Trinajstić information content (AvgIpc) is 2.26. The van der Waals surface area contributed by atoms with Gasteiger partial charge in [-0.2, -0.15) is 0 Å². The third-order valence-electron chi connectivity index (χ3n) is 3.49. The van der Waals surface area contributed by atoms with Crippen LogP contribution in [0.2, 0.25) is 19.6 Å². The first kappa shape index (κ1) is 14.0. The molecule has 0 atom stereocenters. The molecule has 0 bridgehead atoms. The largest absolute Gasteiger partial charge is 0.253 e. The van der Waals surface area contributed by atoms with E-state index in [1.165, 1.54) is 27.6 Å². The number of hydrogen-bond acceptors (Lipinski definition) is 1. The predicted octanol–water partition coefficient (Wildman–Crippen LogP) is 4.22. The molecule has 0 amide bonds. The number of hydrogen-bond donors (Lipinski definition) is 0. The molecular weight excluding hydrogens is 246 g/mol. The van der Waals surface area contributed by atoms with Gasteiger partial charge in [0.25, 0.3) is 0 Å². The summed E-state index contributed by atoms with van der Waals surface area (Å²) in [6.07, 6.45) is 0. The molecule has 2 heteroatoms. The Morgan fingerprint density at radius 2 is 1.47 bits per heavy atom. The van der Waals surface area contributed by atoms with Gasteiger partial charge in [0.2, 0.25) is 0 Å². The maximum atomic E-state index is 4.84. The van der Waals surface area contributed by atoms with E-state index in [1.807, 2.05) is 0 Å². The second-order valence-corrected chi connectivity index (χ2v) is 11.4. The SMILES string of the molecule is Cc1ccc(-c2cc(C)c([Si](C)(C)C)c(C)n2)cc1. The highest BCUT2D eigenvalue weighted by atomic mass is 28.3. The zero-order chi connectivity index (χ0) is 14.2. The van der Waals surface area contributed by atoms with Gasteiger partial charge in [-0.3, -0.25) is 4.98 Å². The van der Waals surface area contributed by atoms with Crippen molar-refractivity contribution in [2.75, 3.05) is 0 Å². The molecule has 1 aromatic carbocycles. The molecule has 1 nitrogen and oxygen atoms in total. The van der Waals surface area contributed by atoms with E-state index in [2.05, 4.69) is 70.7 Å². The lowest BCUT2D eigenvalue weighted by molar-refractivity contribution is 1.20. The highest BCUT2D eigenvalue weighted by Gasteiger charge is 2.22. The van der Waals surface area contributed by atoms with Crippen molar-refractivity contribution in [1.82, 2.24) is 4.98 Å². The Kier molecular flexibility index (Phi) is 3.63. The molecular formula is C17H23NSi. The third-order valence-corrected chi connectivity index (χ3v) is 5.75. The lowest BCUT2D eigenvalue weighted by atomic mass is 10.1. The minimum absolute atomic E-state index is 1.09. The fourth-order valence-electron chi connectivity index (χ4n) is 2.84. The second kappa shape index (κ2) is 4.93. The summed E-state index contributed by atoms with van der Waals surface area (Å²) in [5.74, 6) is 0. The smallest absolute Gasteiger partial charge is 0.0803 e. The minimum Gasteiger partial charge on any atom is -0.253 e. The summed E-state index contributed by atoms with van der Waals surface area (Å²) < 4.78 is 0. The van der Waals surface area contributed by atoms with Gasteiger partial charge in [-0.1, -0.05) is 49.5 Å². The van der Waals surface area contributed by atoms with Crippen molar-refractivity contribution in [3.63, 3.8) is 0 Å². The van der Waals surface area contributed by atoms with E-state index >= 15 is 0 Å². The van der Waals surface area contributed by atoms with Gasteiger partial charge >= 0.3 is 0 Å². The Labute approximate surface area is 117 Å². The summed E-state index contributed by atoms with van der Waals surface area (Å²) in [6, 6.07) is 10.9. The Bertz CT molecular complexity index is 569. The van der Waals surface area contributed by atoms with Crippen LogP contribution in [0.25, 0.3) is 11.3 Å². The molecule has 1 aromatic heterocycles. The number of nitrogens with zero attached hydrogens (tertiary/aromatic N) is 1. The minimum atomic E-state index is -1.32. The quantitative estimate of drug-likeness (QED) is 0.744. The lowest BCUT2D eigenvalue weighted by Gasteiger charge is -2.22. The summed E-state index contributed by atoms with van der Waals surface area (Å²) in [6.45, 7) is 13.6. The Balaban J connectivity index is 2.54. The van der Waals surface area contributed by atoms with Crippen LogP contribution in [0, 0.1) is 20.8 Å². The van der Waals surface area contributed by atoms with Crippen LogP contribution in [0.1, 0.15) is 16.8 Å². The van der Waals surface area contributed by atoms with E-state index in [4.69, 9.17) is 4.98 Å². The van der Waals surface area contributed by atoms with Crippen LogP contribution in [0.5, 0.6) is 0 Å². The molecule has 19 heavy (non-hydrogen) atoms. The molecule has 0 saturated carbocycles. The van der Waals surface area contributed by atoms with Crippen molar-refractivity contribution in [3.8, 4) is 11.3 Å². The van der Waals surface area contributed by atoms with Gasteiger partial charge in [-0.05, 0) is 37.6 Å². The molecule has 2 rings (SSSR count). The van der Waals surface area contributed by atoms with E-state index in [9.17, 15) is 0 Å². The van der Waals surface area contributed by atoms with Gasteiger partial charge < -0.3 is 0 Å². The monoisotopic (exact) mass is 269 g/mol. The van der Waals surface area contributed by atoms with E-state index in [-0.39, 0.29) is 0 Å². The van der Waals surface area contributed by atoms with Crippen LogP contribution in [-0.4, -0.2) is 13.1 Å². The molecule has 0 saturated heterocycles. The molecule has 0 unspecified atom stereocenters. The summed E-state index contributed by atoms with van der Waals surface area (Å²) >= 11 is 0. The van der Waals surface area contributed by atoms with Crippen LogP contribution in [0.15, 0.2) is 30.3 Å². The highest BCUT2D eigenvalue weighted by molar-refractivity contribution is 6.89. The van der Waals surface area contributed by atoms with Crippen LogP contribution >= 0.6 is 0 Å². The van der Waals surface area contributed by atoms with Crippen molar-refractivity contribution < 1.29 is 0 Å². The molecule has 0 aliphatic heterocycles. The zero-order valence-corrected chi connectivity index (χ0v) is 13.8. The molecule has 2 aromatic rings. The van der Waals surface area contributed by atoms with Crippen LogP contribution < -0.4 is 5.19 Å². The van der Waals surface area contributed by atoms with Gasteiger partial charge in [0.1, 0.15) is 0 Å². The summed E-state index contributed by atoms with van der Waals surface area (Å²) in [5.41, 5.74) is 6.18. The molecule has 0 radical (unpaired) electrons. The maximum absolute atomic E-state index is 4.84. The number of rotatable bonds is 2. The molecule has 0 fully saturated rings. The summed E-state index contributed by atoms with van der Waals surface area (Å²) in [7, 11) is -1.32. The maximum Gasteiger partial charge on any atom is 0.0803 e. The van der Waals surface area contributed by atoms with E-state index in [0.29, 0.717) is 0 Å². The first-order valence-electron chi connectivity index (χ1n) is 6.85. The van der Waals surface area contributed by atoms with Crippen LogP contribution in [0.4, 0.5) is 0 Å². The van der Waals surface area contributed by atoms with Crippen molar-refractivity contribution >= 4 is 13.3 Å². The molecule has 0 spiro atoms. The topological polar surface area (TPSA) is 12.9 Å². The highest BCUT2D eigenvalue weighted by Crippen LogP contribution is 2.20. The number of pyridine rings is 1. The summed E-state index contributed by atoms with van der Waals surface area (Å²) in [4.78, 5) is 4.84. The van der Waals surface area contributed by atoms with Gasteiger partial charge in [0.15, 0.2) is 0 Å². The summed E-state index contributed by atoms with van der Waals surface area (Å²) in [5, 5.41) is 1.50. The second-order valence-electron chi connectivity index (χ2n) is 6.40. The standard InChI is InChI=1S/C17H23NSi/c1-12-7-9-15(10-8-12)16-11-13(2)17(14(3)18-16)19(4,5)6/h7-11H,1-6H3. The third kappa shape index (κ3) is 2.95. The Morgan fingerprint density at radius 1 is 0.895 bits per heavy atom. The molecule has 0 aliphatic carbocycles. The van der Waals surface area contributed by atoms with Gasteiger partial charge in [0.05, 0.1) is 13.8 Å². The fourth-order valence-corrected chi connectivity index (χ4v) is 5.23. The molecule has 0 N–H and O–H groups in total. The van der Waals surface area contributed by atoms with Crippen molar-refractivity contribution in [2.45, 2.75) is 40.4 Å². The lowest BCUT2D eigenvalue weighted by Crippen LogP contribution is -2.42. The normalized spacial score (nSPS) is 11.7. The zero-order valence-electron chi connectivity index (χ0n) is 12.8. The first-order valence-corrected chi connectivity index (χ1v) is 10.3. The van der Waals surface area contributed by atoms with Gasteiger partial charge in [-0.25, -0.2) is 0 Å². The molecule has 100 valence electrons. The first-order chi connectivity index (χ1) is 8.79. The van der Waals surface area contributed by atoms with Gasteiger partial charge in [-0.15, -0.1) is 0 Å². The molecule has 0 aliphatic rings. The van der Waals surface area contributed by atoms with Crippen molar-refractivity contribution in [1.29, 1.82) is 0 Å². The fraction of sp³-hybridized carbons (Fsp3) is 0.353. The Hall–Kier alpha value is -1.41. The van der Waals surface area contributed by atoms with E-state index < -0.39 is 8.07 Å². The van der Waals surface area contributed by atoms with Crippen molar-refractivity contribution in [2.24, 2.45) is 0 Å². The number of benzene rings is 1. The Morgan fingerprint density at radius 3 is 1.95 bits per heavy atom. The van der Waals surface area contributed by atoms with E-state index in [0.717, 1.165) is 5.69 Å².